The Morgan fingerprint density at radius 2 is 2.00 bits per heavy atom. The van der Waals surface area contributed by atoms with Crippen LogP contribution in [0.4, 0.5) is 4.39 Å². The van der Waals surface area contributed by atoms with E-state index in [0.29, 0.717) is 4.47 Å². The molecule has 2 nitrogen and oxygen atoms in total. The lowest BCUT2D eigenvalue weighted by atomic mass is 10.00. The SMILES string of the molecule is CNC(Cc1ccncc1)c1ccc(F)c(Br)c1. The maximum atomic E-state index is 13.2. The maximum absolute atomic E-state index is 13.2. The van der Waals surface area contributed by atoms with Crippen LogP contribution in [0.15, 0.2) is 47.2 Å². The molecule has 0 fully saturated rings. The summed E-state index contributed by atoms with van der Waals surface area (Å²) >= 11 is 3.22. The average molecular weight is 309 g/mol. The Hall–Kier alpha value is -1.26. The summed E-state index contributed by atoms with van der Waals surface area (Å²) in [5.74, 6) is -0.238. The molecule has 0 aliphatic heterocycles. The monoisotopic (exact) mass is 308 g/mol. The summed E-state index contributed by atoms with van der Waals surface area (Å²) in [6.45, 7) is 0. The zero-order chi connectivity index (χ0) is 13.0. The average Bonchev–Trinajstić information content (AvgIpc) is 2.40. The van der Waals surface area contributed by atoms with Gasteiger partial charge in [-0.05, 0) is 64.8 Å². The molecule has 18 heavy (non-hydrogen) atoms. The number of rotatable bonds is 4. The fourth-order valence-corrected chi connectivity index (χ4v) is 2.27. The highest BCUT2D eigenvalue weighted by molar-refractivity contribution is 9.10. The van der Waals surface area contributed by atoms with Crippen LogP contribution in [0.5, 0.6) is 0 Å². The van der Waals surface area contributed by atoms with E-state index in [0.717, 1.165) is 12.0 Å². The molecule has 2 rings (SSSR count). The Balaban J connectivity index is 2.20. The highest BCUT2D eigenvalue weighted by atomic mass is 79.9. The van der Waals surface area contributed by atoms with Crippen LogP contribution >= 0.6 is 15.9 Å². The molecule has 1 N–H and O–H groups in total. The summed E-state index contributed by atoms with van der Waals surface area (Å²) in [6.07, 6.45) is 4.41. The zero-order valence-corrected chi connectivity index (χ0v) is 11.6. The molecule has 1 heterocycles. The lowest BCUT2D eigenvalue weighted by Crippen LogP contribution is -2.18. The summed E-state index contributed by atoms with van der Waals surface area (Å²) in [6, 6.07) is 9.24. The largest absolute Gasteiger partial charge is 0.313 e. The molecule has 0 saturated carbocycles. The predicted octanol–water partition coefficient (Wildman–Crippen LogP) is 3.49. The number of likely N-dealkylation sites (N-methyl/N-ethyl adjacent to an activating group) is 1. The van der Waals surface area contributed by atoms with Crippen LogP contribution in [0.25, 0.3) is 0 Å². The summed E-state index contributed by atoms with van der Waals surface area (Å²) in [5, 5.41) is 3.25. The highest BCUT2D eigenvalue weighted by Gasteiger charge is 2.11. The molecule has 1 aromatic heterocycles. The Morgan fingerprint density at radius 1 is 1.28 bits per heavy atom. The molecule has 0 bridgehead atoms. The molecule has 0 spiro atoms. The van der Waals surface area contributed by atoms with E-state index < -0.39 is 0 Å². The molecule has 4 heteroatoms. The molecule has 1 unspecified atom stereocenters. The minimum Gasteiger partial charge on any atom is -0.313 e. The summed E-state index contributed by atoms with van der Waals surface area (Å²) in [5.41, 5.74) is 2.26. The third kappa shape index (κ3) is 3.15. The smallest absolute Gasteiger partial charge is 0.137 e. The van der Waals surface area contributed by atoms with Crippen LogP contribution < -0.4 is 5.32 Å². The minimum absolute atomic E-state index is 0.157. The van der Waals surface area contributed by atoms with E-state index in [-0.39, 0.29) is 11.9 Å². The van der Waals surface area contributed by atoms with Gasteiger partial charge in [0.25, 0.3) is 0 Å². The van der Waals surface area contributed by atoms with E-state index in [2.05, 4.69) is 26.2 Å². The van der Waals surface area contributed by atoms with Gasteiger partial charge in [-0.25, -0.2) is 4.39 Å². The van der Waals surface area contributed by atoms with Crippen LogP contribution in [-0.2, 0) is 6.42 Å². The predicted molar refractivity (Wildman–Crippen MR) is 73.8 cm³/mol. The Labute approximate surface area is 114 Å². The molecule has 94 valence electrons. The van der Waals surface area contributed by atoms with Crippen molar-refractivity contribution in [2.24, 2.45) is 0 Å². The Morgan fingerprint density at radius 3 is 2.61 bits per heavy atom. The van der Waals surface area contributed by atoms with E-state index >= 15 is 0 Å². The fraction of sp³-hybridized carbons (Fsp3) is 0.214. The first-order valence-corrected chi connectivity index (χ1v) is 6.51. The first-order chi connectivity index (χ1) is 8.70. The molecule has 2 aromatic rings. The Kier molecular flexibility index (Phi) is 4.44. The first-order valence-electron chi connectivity index (χ1n) is 5.72. The molecule has 0 aliphatic rings. The van der Waals surface area contributed by atoms with Gasteiger partial charge in [-0.3, -0.25) is 4.98 Å². The number of benzene rings is 1. The molecule has 0 amide bonds. The first kappa shape index (κ1) is 13.2. The van der Waals surface area contributed by atoms with Crippen LogP contribution in [0, 0.1) is 5.82 Å². The van der Waals surface area contributed by atoms with Gasteiger partial charge < -0.3 is 5.32 Å². The number of halogens is 2. The van der Waals surface area contributed by atoms with Crippen molar-refractivity contribution >= 4 is 15.9 Å². The van der Waals surface area contributed by atoms with Crippen molar-refractivity contribution in [3.05, 3.63) is 64.1 Å². The van der Waals surface area contributed by atoms with Crippen molar-refractivity contribution in [2.75, 3.05) is 7.05 Å². The van der Waals surface area contributed by atoms with Gasteiger partial charge >= 0.3 is 0 Å². The standard InChI is InChI=1S/C14H14BrFN2/c1-17-14(8-10-4-6-18-7-5-10)11-2-3-13(16)12(15)9-11/h2-7,9,14,17H,8H2,1H3. The van der Waals surface area contributed by atoms with E-state index in [1.165, 1.54) is 11.6 Å². The number of hydrogen-bond donors (Lipinski definition) is 1. The van der Waals surface area contributed by atoms with Crippen molar-refractivity contribution in [3.8, 4) is 0 Å². The van der Waals surface area contributed by atoms with Gasteiger partial charge in [0.05, 0.1) is 4.47 Å². The van der Waals surface area contributed by atoms with Gasteiger partial charge in [0, 0.05) is 18.4 Å². The van der Waals surface area contributed by atoms with Gasteiger partial charge in [0.1, 0.15) is 5.82 Å². The normalized spacial score (nSPS) is 12.4. The topological polar surface area (TPSA) is 24.9 Å². The molecule has 0 aliphatic carbocycles. The maximum Gasteiger partial charge on any atom is 0.137 e. The number of pyridine rings is 1. The molecular formula is C14H14BrFN2. The summed E-state index contributed by atoms with van der Waals surface area (Å²) in [4.78, 5) is 4.00. The summed E-state index contributed by atoms with van der Waals surface area (Å²) in [7, 11) is 1.91. The van der Waals surface area contributed by atoms with E-state index in [1.807, 2.05) is 31.3 Å². The van der Waals surface area contributed by atoms with Crippen LogP contribution in [-0.4, -0.2) is 12.0 Å². The van der Waals surface area contributed by atoms with Crippen LogP contribution in [0.2, 0.25) is 0 Å². The lowest BCUT2D eigenvalue weighted by Gasteiger charge is -2.17. The van der Waals surface area contributed by atoms with Gasteiger partial charge in [0.2, 0.25) is 0 Å². The van der Waals surface area contributed by atoms with Crippen molar-refractivity contribution in [1.29, 1.82) is 0 Å². The van der Waals surface area contributed by atoms with E-state index in [9.17, 15) is 4.39 Å². The van der Waals surface area contributed by atoms with Crippen molar-refractivity contribution < 1.29 is 4.39 Å². The van der Waals surface area contributed by atoms with Gasteiger partial charge in [-0.1, -0.05) is 6.07 Å². The number of nitrogens with one attached hydrogen (secondary N) is 1. The number of hydrogen-bond acceptors (Lipinski definition) is 2. The third-order valence-corrected chi connectivity index (χ3v) is 3.49. The molecule has 0 radical (unpaired) electrons. The highest BCUT2D eigenvalue weighted by Crippen LogP contribution is 2.23. The second kappa shape index (κ2) is 6.07. The fourth-order valence-electron chi connectivity index (χ4n) is 1.87. The third-order valence-electron chi connectivity index (χ3n) is 2.88. The van der Waals surface area contributed by atoms with E-state index in [1.54, 1.807) is 12.4 Å². The molecular weight excluding hydrogens is 295 g/mol. The van der Waals surface area contributed by atoms with Crippen molar-refractivity contribution in [3.63, 3.8) is 0 Å². The zero-order valence-electron chi connectivity index (χ0n) is 10.0. The van der Waals surface area contributed by atoms with Crippen LogP contribution in [0.3, 0.4) is 0 Å². The Bertz CT molecular complexity index is 516. The number of nitrogens with zero attached hydrogens (tertiary/aromatic N) is 1. The summed E-state index contributed by atoms with van der Waals surface area (Å²) < 4.78 is 13.7. The van der Waals surface area contributed by atoms with Gasteiger partial charge in [-0.15, -0.1) is 0 Å². The molecule has 0 saturated heterocycles. The van der Waals surface area contributed by atoms with Gasteiger partial charge in [0.15, 0.2) is 0 Å². The second-order valence-corrected chi connectivity index (χ2v) is 4.93. The van der Waals surface area contributed by atoms with E-state index in [4.69, 9.17) is 0 Å². The number of aromatic nitrogens is 1. The van der Waals surface area contributed by atoms with Crippen LogP contribution in [0.1, 0.15) is 17.2 Å². The minimum atomic E-state index is -0.238. The quantitative estimate of drug-likeness (QED) is 0.935. The lowest BCUT2D eigenvalue weighted by molar-refractivity contribution is 0.583. The molecule has 1 aromatic carbocycles. The second-order valence-electron chi connectivity index (χ2n) is 4.07. The van der Waals surface area contributed by atoms with Gasteiger partial charge in [-0.2, -0.15) is 0 Å². The van der Waals surface area contributed by atoms with Crippen molar-refractivity contribution in [2.45, 2.75) is 12.5 Å². The van der Waals surface area contributed by atoms with Crippen molar-refractivity contribution in [1.82, 2.24) is 10.3 Å². The molecule has 1 atom stereocenters.